The second kappa shape index (κ2) is 7.16. The average molecular weight is 375 g/mol. The summed E-state index contributed by atoms with van der Waals surface area (Å²) in [5, 5.41) is 3.29. The molecule has 6 heteroatoms. The SMILES string of the molecule is Cc1ccc(Cl)cc1NC(=O)[C@H](C)OC(=O)c1cc(C)n(C2CC2)c1C. The summed E-state index contributed by atoms with van der Waals surface area (Å²) in [5.41, 5.74) is 3.96. The lowest BCUT2D eigenvalue weighted by molar-refractivity contribution is -0.123. The van der Waals surface area contributed by atoms with Crippen molar-refractivity contribution in [1.29, 1.82) is 0 Å². The minimum Gasteiger partial charge on any atom is -0.449 e. The van der Waals surface area contributed by atoms with Gasteiger partial charge < -0.3 is 14.6 Å². The van der Waals surface area contributed by atoms with Crippen molar-refractivity contribution in [3.05, 3.63) is 51.8 Å². The molecule has 138 valence electrons. The second-order valence-electron chi connectivity index (χ2n) is 6.88. The Kier molecular flexibility index (Phi) is 5.10. The van der Waals surface area contributed by atoms with Crippen LogP contribution in [0.25, 0.3) is 0 Å². The standard InChI is InChI=1S/C20H23ClN2O3/c1-11-5-6-15(21)10-18(11)22-19(24)14(4)26-20(25)17-9-12(2)23(13(17)3)16-7-8-16/h5-6,9-10,14,16H,7-8H2,1-4H3,(H,22,24)/t14-/m0/s1. The minimum absolute atomic E-state index is 0.389. The third kappa shape index (κ3) is 3.78. The van der Waals surface area contributed by atoms with Crippen LogP contribution in [0.1, 0.15) is 53.1 Å². The molecule has 0 radical (unpaired) electrons. The van der Waals surface area contributed by atoms with Crippen LogP contribution in [0.2, 0.25) is 5.02 Å². The van der Waals surface area contributed by atoms with E-state index in [1.807, 2.05) is 32.9 Å². The summed E-state index contributed by atoms with van der Waals surface area (Å²) in [4.78, 5) is 24.9. The Morgan fingerprint density at radius 2 is 1.92 bits per heavy atom. The second-order valence-corrected chi connectivity index (χ2v) is 7.32. The van der Waals surface area contributed by atoms with Gasteiger partial charge in [-0.15, -0.1) is 0 Å². The fourth-order valence-corrected chi connectivity index (χ4v) is 3.29. The van der Waals surface area contributed by atoms with Gasteiger partial charge in [0.2, 0.25) is 0 Å². The number of carbonyl (C=O) groups excluding carboxylic acids is 2. The van der Waals surface area contributed by atoms with Crippen molar-refractivity contribution < 1.29 is 14.3 Å². The molecule has 1 aliphatic rings. The summed E-state index contributed by atoms with van der Waals surface area (Å²) in [7, 11) is 0. The maximum Gasteiger partial charge on any atom is 0.340 e. The number of rotatable bonds is 5. The lowest BCUT2D eigenvalue weighted by atomic mass is 10.2. The largest absolute Gasteiger partial charge is 0.449 e. The summed E-state index contributed by atoms with van der Waals surface area (Å²) >= 11 is 5.97. The third-order valence-electron chi connectivity index (χ3n) is 4.73. The van der Waals surface area contributed by atoms with E-state index in [0.717, 1.165) is 29.8 Å². The molecule has 2 aromatic rings. The Labute approximate surface area is 158 Å². The van der Waals surface area contributed by atoms with Gasteiger partial charge in [0.05, 0.1) is 5.56 Å². The highest BCUT2D eigenvalue weighted by atomic mass is 35.5. The van der Waals surface area contributed by atoms with Gasteiger partial charge in [-0.3, -0.25) is 4.79 Å². The first-order chi connectivity index (χ1) is 12.3. The van der Waals surface area contributed by atoms with E-state index in [1.165, 1.54) is 0 Å². The molecule has 0 bridgehead atoms. The van der Waals surface area contributed by atoms with Gasteiger partial charge in [-0.2, -0.15) is 0 Å². The van der Waals surface area contributed by atoms with Gasteiger partial charge in [0.1, 0.15) is 0 Å². The van der Waals surface area contributed by atoms with Gasteiger partial charge in [0.25, 0.3) is 5.91 Å². The van der Waals surface area contributed by atoms with E-state index in [2.05, 4.69) is 9.88 Å². The van der Waals surface area contributed by atoms with Crippen LogP contribution >= 0.6 is 11.6 Å². The van der Waals surface area contributed by atoms with Crippen LogP contribution in [-0.4, -0.2) is 22.5 Å². The molecule has 0 aliphatic heterocycles. The van der Waals surface area contributed by atoms with Gasteiger partial charge in [-0.1, -0.05) is 17.7 Å². The highest BCUT2D eigenvalue weighted by Gasteiger charge is 2.29. The number of esters is 1. The van der Waals surface area contributed by atoms with Crippen LogP contribution in [0.5, 0.6) is 0 Å². The highest BCUT2D eigenvalue weighted by Crippen LogP contribution is 2.38. The summed E-state index contributed by atoms with van der Waals surface area (Å²) in [6, 6.07) is 7.57. The maximum absolute atomic E-state index is 12.5. The third-order valence-corrected chi connectivity index (χ3v) is 4.96. The molecule has 1 heterocycles. The monoisotopic (exact) mass is 374 g/mol. The molecular weight excluding hydrogens is 352 g/mol. The molecule has 3 rings (SSSR count). The molecule has 5 nitrogen and oxygen atoms in total. The van der Waals surface area contributed by atoms with Crippen LogP contribution in [-0.2, 0) is 9.53 Å². The van der Waals surface area contributed by atoms with Gasteiger partial charge in [0.15, 0.2) is 6.10 Å². The molecule has 0 unspecified atom stereocenters. The molecule has 1 aromatic heterocycles. The molecule has 1 atom stereocenters. The van der Waals surface area contributed by atoms with Gasteiger partial charge >= 0.3 is 5.97 Å². The molecule has 0 saturated heterocycles. The maximum atomic E-state index is 12.5. The zero-order chi connectivity index (χ0) is 19.0. The minimum atomic E-state index is -0.912. The fourth-order valence-electron chi connectivity index (χ4n) is 3.12. The lowest BCUT2D eigenvalue weighted by Crippen LogP contribution is -2.30. The van der Waals surface area contributed by atoms with Crippen molar-refractivity contribution in [3.8, 4) is 0 Å². The fraction of sp³-hybridized carbons (Fsp3) is 0.400. The van der Waals surface area contributed by atoms with Gasteiger partial charge in [-0.25, -0.2) is 4.79 Å². The number of aromatic nitrogens is 1. The lowest BCUT2D eigenvalue weighted by Gasteiger charge is -2.15. The molecule has 1 N–H and O–H groups in total. The van der Waals surface area contributed by atoms with Crippen molar-refractivity contribution in [2.24, 2.45) is 0 Å². The predicted octanol–water partition coefficient (Wildman–Crippen LogP) is 4.59. The van der Waals surface area contributed by atoms with E-state index in [1.54, 1.807) is 19.1 Å². The molecule has 1 aliphatic carbocycles. The van der Waals surface area contributed by atoms with E-state index >= 15 is 0 Å². The zero-order valence-electron chi connectivity index (χ0n) is 15.4. The number of benzene rings is 1. The first-order valence-electron chi connectivity index (χ1n) is 8.74. The smallest absolute Gasteiger partial charge is 0.340 e. The van der Waals surface area contributed by atoms with Gasteiger partial charge in [0, 0.05) is 28.1 Å². The Balaban J connectivity index is 1.68. The summed E-state index contributed by atoms with van der Waals surface area (Å²) in [6.45, 7) is 7.34. The topological polar surface area (TPSA) is 60.3 Å². The number of nitrogens with zero attached hydrogens (tertiary/aromatic N) is 1. The van der Waals surface area contributed by atoms with Gasteiger partial charge in [-0.05, 0) is 64.3 Å². The number of amides is 1. The van der Waals surface area contributed by atoms with Crippen LogP contribution in [0.4, 0.5) is 5.69 Å². The Hall–Kier alpha value is -2.27. The molecular formula is C20H23ClN2O3. The molecule has 1 saturated carbocycles. The average Bonchev–Trinajstić information content (AvgIpc) is 3.36. The van der Waals surface area contributed by atoms with E-state index in [-0.39, 0.29) is 5.91 Å². The van der Waals surface area contributed by atoms with E-state index < -0.39 is 12.1 Å². The van der Waals surface area contributed by atoms with Crippen LogP contribution in [0.3, 0.4) is 0 Å². The van der Waals surface area contributed by atoms with Crippen molar-refractivity contribution >= 4 is 29.2 Å². The molecule has 1 aromatic carbocycles. The normalized spacial score (nSPS) is 14.8. The molecule has 26 heavy (non-hydrogen) atoms. The van der Waals surface area contributed by atoms with Crippen molar-refractivity contribution in [1.82, 2.24) is 4.57 Å². The van der Waals surface area contributed by atoms with Crippen molar-refractivity contribution in [2.75, 3.05) is 5.32 Å². The van der Waals surface area contributed by atoms with Crippen molar-refractivity contribution in [3.63, 3.8) is 0 Å². The summed E-state index contributed by atoms with van der Waals surface area (Å²) in [6.07, 6.45) is 1.37. The number of carbonyl (C=O) groups is 2. The number of anilines is 1. The first kappa shape index (κ1) is 18.5. The summed E-state index contributed by atoms with van der Waals surface area (Å²) in [5.74, 6) is -0.866. The Morgan fingerprint density at radius 3 is 2.58 bits per heavy atom. The predicted molar refractivity (Wildman–Crippen MR) is 102 cm³/mol. The number of hydrogen-bond donors (Lipinski definition) is 1. The molecule has 0 spiro atoms. The number of aryl methyl sites for hydroxylation is 2. The van der Waals surface area contributed by atoms with Crippen LogP contribution in [0, 0.1) is 20.8 Å². The molecule has 1 fully saturated rings. The zero-order valence-corrected chi connectivity index (χ0v) is 16.2. The van der Waals surface area contributed by atoms with Crippen LogP contribution in [0.15, 0.2) is 24.3 Å². The Bertz CT molecular complexity index is 868. The number of nitrogens with one attached hydrogen (secondary N) is 1. The van der Waals surface area contributed by atoms with E-state index in [9.17, 15) is 9.59 Å². The molecule has 1 amide bonds. The first-order valence-corrected chi connectivity index (χ1v) is 9.12. The summed E-state index contributed by atoms with van der Waals surface area (Å²) < 4.78 is 7.57. The quantitative estimate of drug-likeness (QED) is 0.779. The van der Waals surface area contributed by atoms with Crippen molar-refractivity contribution in [2.45, 2.75) is 52.7 Å². The highest BCUT2D eigenvalue weighted by molar-refractivity contribution is 6.31. The Morgan fingerprint density at radius 1 is 1.23 bits per heavy atom. The number of hydrogen-bond acceptors (Lipinski definition) is 3. The number of halogens is 1. The van der Waals surface area contributed by atoms with E-state index in [0.29, 0.717) is 22.3 Å². The van der Waals surface area contributed by atoms with Crippen LogP contribution < -0.4 is 5.32 Å². The number of ether oxygens (including phenoxy) is 1. The van der Waals surface area contributed by atoms with E-state index in [4.69, 9.17) is 16.3 Å².